The quantitative estimate of drug-likeness (QED) is 0.481. The van der Waals surface area contributed by atoms with Gasteiger partial charge in [-0.3, -0.25) is 0 Å². The van der Waals surface area contributed by atoms with E-state index in [4.69, 9.17) is 39.5 Å². The normalized spacial score (nSPS) is 13.8. The molecule has 0 bridgehead atoms. The molecule has 0 aliphatic rings. The molecule has 0 saturated carbocycles. The molecule has 6 heteroatoms. The molecule has 0 spiro atoms. The third-order valence-electron chi connectivity index (χ3n) is 3.67. The van der Waals surface area contributed by atoms with Crippen molar-refractivity contribution < 1.29 is 9.53 Å². The van der Waals surface area contributed by atoms with E-state index in [1.807, 2.05) is 63.2 Å². The molecular formula is C19H20Cl3NO2. The molecule has 3 nitrogen and oxygen atoms in total. The lowest BCUT2D eigenvalue weighted by Gasteiger charge is -2.24. The summed E-state index contributed by atoms with van der Waals surface area (Å²) in [7, 11) is 0. The number of halogens is 3. The molecule has 2 rings (SSSR count). The van der Waals surface area contributed by atoms with E-state index < -0.39 is 16.0 Å². The average molecular weight is 401 g/mol. The van der Waals surface area contributed by atoms with Crippen LogP contribution in [0.5, 0.6) is 0 Å². The maximum Gasteiger partial charge on any atom is 0.408 e. The van der Waals surface area contributed by atoms with Crippen molar-refractivity contribution in [3.63, 3.8) is 0 Å². The maximum atomic E-state index is 12.3. The van der Waals surface area contributed by atoms with Gasteiger partial charge >= 0.3 is 6.09 Å². The minimum Gasteiger partial charge on any atom is -0.437 e. The summed E-state index contributed by atoms with van der Waals surface area (Å²) in [6, 6.07) is 13.7. The number of ether oxygens (including phenoxy) is 1. The molecule has 134 valence electrons. The predicted octanol–water partition coefficient (Wildman–Crippen LogP) is 6.33. The van der Waals surface area contributed by atoms with Gasteiger partial charge in [0.2, 0.25) is 3.79 Å². The number of allylic oxidation sites excluding steroid dienone is 1. The Morgan fingerprint density at radius 1 is 1.12 bits per heavy atom. The molecule has 1 amide bonds. The maximum absolute atomic E-state index is 12.3. The first kappa shape index (κ1) is 19.9. The fourth-order valence-corrected chi connectivity index (χ4v) is 2.85. The lowest BCUT2D eigenvalue weighted by Crippen LogP contribution is -2.36. The molecule has 0 heterocycles. The van der Waals surface area contributed by atoms with Gasteiger partial charge in [0.15, 0.2) is 6.10 Å². The van der Waals surface area contributed by atoms with E-state index in [1.54, 1.807) is 6.08 Å². The molecule has 1 N–H and O–H groups in total. The minimum absolute atomic E-state index is 0.263. The summed E-state index contributed by atoms with van der Waals surface area (Å²) >= 11 is 17.7. The van der Waals surface area contributed by atoms with Crippen LogP contribution < -0.4 is 5.32 Å². The van der Waals surface area contributed by atoms with Crippen molar-refractivity contribution in [2.24, 2.45) is 0 Å². The molecule has 0 aliphatic heterocycles. The van der Waals surface area contributed by atoms with Crippen LogP contribution in [-0.2, 0) is 4.74 Å². The van der Waals surface area contributed by atoms with Crippen LogP contribution in [0.15, 0.2) is 54.1 Å². The Morgan fingerprint density at radius 3 is 2.40 bits per heavy atom. The average Bonchev–Trinajstić information content (AvgIpc) is 2.52. The number of nitrogens with one attached hydrogen (secondary N) is 1. The van der Waals surface area contributed by atoms with Gasteiger partial charge in [-0.15, -0.1) is 0 Å². The zero-order valence-electron chi connectivity index (χ0n) is 14.2. The van der Waals surface area contributed by atoms with Crippen LogP contribution in [0.25, 0.3) is 10.8 Å². The van der Waals surface area contributed by atoms with E-state index in [-0.39, 0.29) is 6.04 Å². The van der Waals surface area contributed by atoms with Crippen LogP contribution in [0.1, 0.15) is 32.4 Å². The van der Waals surface area contributed by atoms with Crippen LogP contribution in [0.3, 0.4) is 0 Å². The molecule has 0 aromatic heterocycles. The summed E-state index contributed by atoms with van der Waals surface area (Å²) in [5, 5.41) is 4.97. The van der Waals surface area contributed by atoms with Gasteiger partial charge in [-0.2, -0.15) is 0 Å². The second kappa shape index (κ2) is 8.31. The zero-order valence-corrected chi connectivity index (χ0v) is 16.5. The highest BCUT2D eigenvalue weighted by atomic mass is 35.6. The largest absolute Gasteiger partial charge is 0.437 e. The molecular weight excluding hydrogens is 381 g/mol. The number of amides is 1. The van der Waals surface area contributed by atoms with Crippen LogP contribution >= 0.6 is 34.8 Å². The van der Waals surface area contributed by atoms with Crippen LogP contribution in [-0.4, -0.2) is 16.0 Å². The van der Waals surface area contributed by atoms with Crippen LogP contribution in [0, 0.1) is 0 Å². The van der Waals surface area contributed by atoms with Crippen molar-refractivity contribution in [1.29, 1.82) is 0 Å². The highest BCUT2D eigenvalue weighted by molar-refractivity contribution is 6.68. The van der Waals surface area contributed by atoms with Gasteiger partial charge in [0, 0.05) is 0 Å². The summed E-state index contributed by atoms with van der Waals surface area (Å²) in [6.45, 7) is 5.56. The van der Waals surface area contributed by atoms with Gasteiger partial charge in [0.05, 0.1) is 6.04 Å². The summed E-state index contributed by atoms with van der Waals surface area (Å²) in [6.07, 6.45) is -0.00806. The molecule has 2 atom stereocenters. The second-order valence-electron chi connectivity index (χ2n) is 6.05. The first-order valence-corrected chi connectivity index (χ1v) is 8.98. The number of hydrogen-bond donors (Lipinski definition) is 1. The smallest absolute Gasteiger partial charge is 0.408 e. The van der Waals surface area contributed by atoms with E-state index in [2.05, 4.69) is 5.32 Å². The van der Waals surface area contributed by atoms with Crippen molar-refractivity contribution in [3.8, 4) is 0 Å². The van der Waals surface area contributed by atoms with Crippen molar-refractivity contribution in [3.05, 3.63) is 59.7 Å². The number of carbonyl (C=O) groups is 1. The number of hydrogen-bond acceptors (Lipinski definition) is 2. The van der Waals surface area contributed by atoms with Crippen molar-refractivity contribution in [2.45, 2.75) is 36.7 Å². The van der Waals surface area contributed by atoms with Gasteiger partial charge in [0.25, 0.3) is 0 Å². The number of alkyl carbamates (subject to hydrolysis) is 1. The summed E-state index contributed by atoms with van der Waals surface area (Å²) in [4.78, 5) is 12.3. The highest BCUT2D eigenvalue weighted by Gasteiger charge is 2.34. The Morgan fingerprint density at radius 2 is 1.76 bits per heavy atom. The monoisotopic (exact) mass is 399 g/mol. The van der Waals surface area contributed by atoms with Crippen LogP contribution in [0.4, 0.5) is 4.79 Å². The Labute approximate surface area is 162 Å². The molecule has 0 aliphatic carbocycles. The summed E-state index contributed by atoms with van der Waals surface area (Å²) in [5.74, 6) is 0. The topological polar surface area (TPSA) is 38.3 Å². The Kier molecular flexibility index (Phi) is 6.61. The Bertz CT molecular complexity index is 774. The van der Waals surface area contributed by atoms with E-state index >= 15 is 0 Å². The molecule has 2 aromatic rings. The Balaban J connectivity index is 2.15. The fraction of sp³-hybridized carbons (Fsp3) is 0.316. The molecule has 0 unspecified atom stereocenters. The van der Waals surface area contributed by atoms with E-state index in [1.165, 1.54) is 0 Å². The third kappa shape index (κ3) is 5.53. The summed E-state index contributed by atoms with van der Waals surface area (Å²) in [5.41, 5.74) is 1.87. The fourth-order valence-electron chi connectivity index (χ4n) is 2.53. The number of fused-ring (bicyclic) bond motifs is 1. The van der Waals surface area contributed by atoms with Crippen LogP contribution in [0.2, 0.25) is 0 Å². The molecule has 0 fully saturated rings. The third-order valence-corrected chi connectivity index (χ3v) is 4.31. The number of alkyl halides is 3. The van der Waals surface area contributed by atoms with Gasteiger partial charge in [-0.1, -0.05) is 82.8 Å². The van der Waals surface area contributed by atoms with E-state index in [0.29, 0.717) is 0 Å². The number of rotatable bonds is 4. The van der Waals surface area contributed by atoms with E-state index in [0.717, 1.165) is 21.9 Å². The van der Waals surface area contributed by atoms with Crippen molar-refractivity contribution in [2.75, 3.05) is 0 Å². The van der Waals surface area contributed by atoms with Crippen molar-refractivity contribution >= 4 is 51.7 Å². The first-order valence-electron chi connectivity index (χ1n) is 7.85. The molecule has 0 radical (unpaired) electrons. The summed E-state index contributed by atoms with van der Waals surface area (Å²) < 4.78 is 3.57. The number of carbonyl (C=O) groups excluding carboxylic acids is 1. The van der Waals surface area contributed by atoms with Gasteiger partial charge < -0.3 is 10.1 Å². The van der Waals surface area contributed by atoms with Gasteiger partial charge in [-0.25, -0.2) is 4.79 Å². The molecule has 25 heavy (non-hydrogen) atoms. The minimum atomic E-state index is -1.74. The first-order chi connectivity index (χ1) is 11.7. The second-order valence-corrected chi connectivity index (χ2v) is 8.41. The lowest BCUT2D eigenvalue weighted by atomic mass is 10.00. The molecule has 2 aromatic carbocycles. The predicted molar refractivity (Wildman–Crippen MR) is 105 cm³/mol. The zero-order chi connectivity index (χ0) is 18.6. The lowest BCUT2D eigenvalue weighted by molar-refractivity contribution is 0.118. The highest BCUT2D eigenvalue weighted by Crippen LogP contribution is 2.34. The van der Waals surface area contributed by atoms with Gasteiger partial charge in [0.1, 0.15) is 0 Å². The number of benzene rings is 2. The standard InChI is InChI=1S/C19H20Cl3NO2/c1-12(2)11-17(19(20,21)22)25-18(24)23-13(3)15-10-6-8-14-7-4-5-9-16(14)15/h4-11,13,17H,1-3H3,(H,23,24)/t13-,17+/m0/s1. The van der Waals surface area contributed by atoms with E-state index in [9.17, 15) is 4.79 Å². The van der Waals surface area contributed by atoms with Gasteiger partial charge in [-0.05, 0) is 43.2 Å². The Hall–Kier alpha value is -1.42. The SMILES string of the molecule is CC(C)=C[C@@H](OC(=O)N[C@@H](C)c1cccc2ccccc12)C(Cl)(Cl)Cl. The van der Waals surface area contributed by atoms with Crippen molar-refractivity contribution in [1.82, 2.24) is 5.32 Å². The molecule has 0 saturated heterocycles.